The number of hydrogen-bond donors (Lipinski definition) is 2. The van der Waals surface area contributed by atoms with Crippen LogP contribution in [0.15, 0.2) is 36.4 Å². The molecular weight excluding hydrogens is 272 g/mol. The summed E-state index contributed by atoms with van der Waals surface area (Å²) in [4.78, 5) is 0. The van der Waals surface area contributed by atoms with Crippen LogP contribution in [0.5, 0.6) is 0 Å². The van der Waals surface area contributed by atoms with E-state index in [0.29, 0.717) is 17.7 Å². The fourth-order valence-electron chi connectivity index (χ4n) is 2.35. The van der Waals surface area contributed by atoms with Crippen molar-refractivity contribution in [2.45, 2.75) is 26.5 Å². The molecule has 0 heterocycles. The highest BCUT2D eigenvalue weighted by atomic mass is 19.1. The fraction of sp³-hybridized carbons (Fsp3) is 0.294. The molecule has 2 aromatic rings. The van der Waals surface area contributed by atoms with Gasteiger partial charge >= 0.3 is 0 Å². The van der Waals surface area contributed by atoms with Gasteiger partial charge in [0.25, 0.3) is 0 Å². The second-order valence-corrected chi connectivity index (χ2v) is 5.21. The summed E-state index contributed by atoms with van der Waals surface area (Å²) < 4.78 is 27.0. The van der Waals surface area contributed by atoms with Crippen molar-refractivity contribution < 1.29 is 13.9 Å². The Kier molecular flexibility index (Phi) is 5.04. The summed E-state index contributed by atoms with van der Waals surface area (Å²) in [5.74, 6) is -0.606. The van der Waals surface area contributed by atoms with E-state index in [9.17, 15) is 13.9 Å². The molecule has 0 saturated heterocycles. The van der Waals surface area contributed by atoms with Crippen LogP contribution in [0.4, 0.5) is 8.78 Å². The molecule has 0 amide bonds. The third kappa shape index (κ3) is 3.86. The highest BCUT2D eigenvalue weighted by Gasteiger charge is 2.11. The zero-order valence-electron chi connectivity index (χ0n) is 12.2. The van der Waals surface area contributed by atoms with Gasteiger partial charge in [-0.1, -0.05) is 30.3 Å². The molecule has 1 atom stereocenters. The molecule has 2 rings (SSSR count). The molecule has 4 heteroatoms. The zero-order valence-corrected chi connectivity index (χ0v) is 12.2. The van der Waals surface area contributed by atoms with Crippen molar-refractivity contribution >= 4 is 0 Å². The molecule has 0 aliphatic rings. The van der Waals surface area contributed by atoms with Crippen LogP contribution in [0.1, 0.15) is 28.4 Å². The summed E-state index contributed by atoms with van der Waals surface area (Å²) in [5.41, 5.74) is 2.41. The largest absolute Gasteiger partial charge is 0.387 e. The molecule has 0 fully saturated rings. The second-order valence-electron chi connectivity index (χ2n) is 5.21. The summed E-state index contributed by atoms with van der Waals surface area (Å²) in [6.45, 7) is 4.17. The van der Waals surface area contributed by atoms with E-state index >= 15 is 0 Å². The molecule has 0 aromatic heterocycles. The minimum atomic E-state index is -0.908. The van der Waals surface area contributed by atoms with E-state index < -0.39 is 11.9 Å². The molecule has 112 valence electrons. The van der Waals surface area contributed by atoms with Crippen molar-refractivity contribution in [3.05, 3.63) is 70.3 Å². The zero-order chi connectivity index (χ0) is 15.4. The van der Waals surface area contributed by atoms with Crippen molar-refractivity contribution in [3.63, 3.8) is 0 Å². The average Bonchev–Trinajstić information content (AvgIpc) is 2.45. The minimum Gasteiger partial charge on any atom is -0.387 e. The van der Waals surface area contributed by atoms with Gasteiger partial charge in [-0.25, -0.2) is 8.78 Å². The molecule has 0 bridgehead atoms. The molecule has 0 aliphatic carbocycles. The van der Waals surface area contributed by atoms with Gasteiger partial charge in [0.05, 0.1) is 6.10 Å². The lowest BCUT2D eigenvalue weighted by Gasteiger charge is -2.13. The Bertz CT molecular complexity index is 605. The van der Waals surface area contributed by atoms with Crippen molar-refractivity contribution in [2.75, 3.05) is 6.54 Å². The van der Waals surface area contributed by atoms with Gasteiger partial charge in [-0.3, -0.25) is 0 Å². The molecular formula is C17H19F2NO. The first-order valence-electron chi connectivity index (χ1n) is 6.88. The van der Waals surface area contributed by atoms with Crippen molar-refractivity contribution in [1.82, 2.24) is 5.32 Å². The summed E-state index contributed by atoms with van der Waals surface area (Å²) in [6, 6.07) is 9.70. The molecule has 2 aromatic carbocycles. The van der Waals surface area contributed by atoms with Crippen LogP contribution in [-0.4, -0.2) is 11.7 Å². The van der Waals surface area contributed by atoms with Gasteiger partial charge in [0.2, 0.25) is 0 Å². The summed E-state index contributed by atoms with van der Waals surface area (Å²) in [6.07, 6.45) is -0.908. The molecule has 2 nitrogen and oxygen atoms in total. The Morgan fingerprint density at radius 2 is 1.71 bits per heavy atom. The Labute approximate surface area is 123 Å². The third-order valence-electron chi connectivity index (χ3n) is 3.43. The number of halogens is 2. The van der Waals surface area contributed by atoms with Gasteiger partial charge in [0.15, 0.2) is 0 Å². The van der Waals surface area contributed by atoms with E-state index in [-0.39, 0.29) is 17.9 Å². The molecule has 0 aliphatic heterocycles. The maximum Gasteiger partial charge on any atom is 0.129 e. The van der Waals surface area contributed by atoms with Gasteiger partial charge < -0.3 is 10.4 Å². The van der Waals surface area contributed by atoms with Crippen molar-refractivity contribution in [3.8, 4) is 0 Å². The lowest BCUT2D eigenvalue weighted by atomic mass is 10.1. The molecule has 1 unspecified atom stereocenters. The first-order valence-corrected chi connectivity index (χ1v) is 6.88. The van der Waals surface area contributed by atoms with Crippen molar-refractivity contribution in [2.24, 2.45) is 0 Å². The maximum atomic E-state index is 13.5. The highest BCUT2D eigenvalue weighted by molar-refractivity contribution is 5.30. The van der Waals surface area contributed by atoms with E-state index in [4.69, 9.17) is 0 Å². The predicted octanol–water partition coefficient (Wildman–Crippen LogP) is 3.40. The van der Waals surface area contributed by atoms with E-state index in [2.05, 4.69) is 5.32 Å². The molecule has 0 saturated carbocycles. The minimum absolute atomic E-state index is 0.190. The van der Waals surface area contributed by atoms with Crippen LogP contribution in [-0.2, 0) is 6.54 Å². The van der Waals surface area contributed by atoms with Crippen LogP contribution < -0.4 is 5.32 Å². The monoisotopic (exact) mass is 291 g/mol. The number of aliphatic hydroxyl groups is 1. The Hall–Kier alpha value is -1.78. The number of aliphatic hydroxyl groups excluding tert-OH is 1. The van der Waals surface area contributed by atoms with Gasteiger partial charge in [-0.2, -0.15) is 0 Å². The van der Waals surface area contributed by atoms with Crippen molar-refractivity contribution in [1.29, 1.82) is 0 Å². The molecule has 0 radical (unpaired) electrons. The SMILES string of the molecule is Cc1cc(CNCC(O)c2ccccc2F)cc(C)c1F. The second kappa shape index (κ2) is 6.78. The van der Waals surface area contributed by atoms with Gasteiger partial charge in [-0.05, 0) is 36.6 Å². The number of benzene rings is 2. The summed E-state index contributed by atoms with van der Waals surface area (Å²) >= 11 is 0. The standard InChI is InChI=1S/C17H19F2NO/c1-11-7-13(8-12(2)17(11)19)9-20-10-16(21)14-5-3-4-6-15(14)18/h3-8,16,20-21H,9-10H2,1-2H3. The van der Waals surface area contributed by atoms with E-state index in [1.54, 1.807) is 44.2 Å². The van der Waals surface area contributed by atoms with Crippen LogP contribution in [0.3, 0.4) is 0 Å². The summed E-state index contributed by atoms with van der Waals surface area (Å²) in [7, 11) is 0. The number of nitrogens with one attached hydrogen (secondary N) is 1. The van der Waals surface area contributed by atoms with Crippen LogP contribution >= 0.6 is 0 Å². The Morgan fingerprint density at radius 1 is 1.10 bits per heavy atom. The first-order chi connectivity index (χ1) is 9.99. The average molecular weight is 291 g/mol. The molecule has 2 N–H and O–H groups in total. The van der Waals surface area contributed by atoms with E-state index in [1.807, 2.05) is 0 Å². The molecule has 21 heavy (non-hydrogen) atoms. The van der Waals surface area contributed by atoms with E-state index in [1.165, 1.54) is 6.07 Å². The first kappa shape index (κ1) is 15.6. The maximum absolute atomic E-state index is 13.5. The van der Waals surface area contributed by atoms with E-state index in [0.717, 1.165) is 5.56 Å². The fourth-order valence-corrected chi connectivity index (χ4v) is 2.35. The Morgan fingerprint density at radius 3 is 2.33 bits per heavy atom. The lowest BCUT2D eigenvalue weighted by Crippen LogP contribution is -2.21. The van der Waals surface area contributed by atoms with Gasteiger partial charge in [-0.15, -0.1) is 0 Å². The molecule has 0 spiro atoms. The van der Waals surface area contributed by atoms with Crippen LogP contribution in [0.25, 0.3) is 0 Å². The quantitative estimate of drug-likeness (QED) is 0.885. The third-order valence-corrected chi connectivity index (χ3v) is 3.43. The summed E-state index contributed by atoms with van der Waals surface area (Å²) in [5, 5.41) is 13.0. The lowest BCUT2D eigenvalue weighted by molar-refractivity contribution is 0.169. The number of aryl methyl sites for hydroxylation is 2. The highest BCUT2D eigenvalue weighted by Crippen LogP contribution is 2.17. The number of hydrogen-bond acceptors (Lipinski definition) is 2. The number of rotatable bonds is 5. The normalized spacial score (nSPS) is 12.4. The van der Waals surface area contributed by atoms with Gasteiger partial charge in [0.1, 0.15) is 11.6 Å². The smallest absolute Gasteiger partial charge is 0.129 e. The van der Waals surface area contributed by atoms with Crippen LogP contribution in [0, 0.1) is 25.5 Å². The van der Waals surface area contributed by atoms with Gasteiger partial charge in [0, 0.05) is 18.7 Å². The van der Waals surface area contributed by atoms with Crippen LogP contribution in [0.2, 0.25) is 0 Å². The topological polar surface area (TPSA) is 32.3 Å². The Balaban J connectivity index is 1.94. The predicted molar refractivity (Wildman–Crippen MR) is 78.9 cm³/mol.